The Morgan fingerprint density at radius 3 is 2.40 bits per heavy atom. The largest absolute Gasteiger partial charge is 0.508 e. The quantitative estimate of drug-likeness (QED) is 0.232. The summed E-state index contributed by atoms with van der Waals surface area (Å²) in [6.45, 7) is 4.24. The van der Waals surface area contributed by atoms with Gasteiger partial charge in [0.05, 0.1) is 14.2 Å². The second kappa shape index (κ2) is 12.7. The lowest BCUT2D eigenvalue weighted by atomic mass is 9.55. The molecule has 3 aliphatic rings. The van der Waals surface area contributed by atoms with Gasteiger partial charge in [0.1, 0.15) is 34.7 Å². The topological polar surface area (TPSA) is 102 Å². The number of esters is 1. The summed E-state index contributed by atoms with van der Waals surface area (Å²) in [6.07, 6.45) is 7.38. The average molecular weight is 587 g/mol. The average Bonchev–Trinajstić information content (AvgIpc) is 3.36. The molecule has 2 saturated carbocycles. The maximum absolute atomic E-state index is 12.4. The minimum atomic E-state index is -0.294. The second-order valence-corrected chi connectivity index (χ2v) is 12.2. The summed E-state index contributed by atoms with van der Waals surface area (Å²) < 4.78 is 16.0. The lowest BCUT2D eigenvalue weighted by molar-refractivity contribution is -0.157. The van der Waals surface area contributed by atoms with Crippen molar-refractivity contribution in [2.45, 2.75) is 70.8 Å². The number of carbonyl (C=O) groups excluding carboxylic acids is 2. The first kappa shape index (κ1) is 30.5. The van der Waals surface area contributed by atoms with Gasteiger partial charge in [0, 0.05) is 29.5 Å². The van der Waals surface area contributed by atoms with Crippen LogP contribution in [0.4, 0.5) is 0 Å². The van der Waals surface area contributed by atoms with Gasteiger partial charge in [0.15, 0.2) is 0 Å². The van der Waals surface area contributed by atoms with E-state index in [1.165, 1.54) is 50.7 Å². The number of phenols is 2. The number of rotatable bonds is 6. The number of ether oxygens (including phenoxy) is 3. The van der Waals surface area contributed by atoms with Gasteiger partial charge in [-0.3, -0.25) is 9.59 Å². The summed E-state index contributed by atoms with van der Waals surface area (Å²) >= 11 is 0. The van der Waals surface area contributed by atoms with E-state index in [1.807, 2.05) is 25.1 Å². The van der Waals surface area contributed by atoms with E-state index in [0.717, 1.165) is 19.3 Å². The molecule has 0 heterocycles. The molecule has 3 aliphatic carbocycles. The van der Waals surface area contributed by atoms with Crippen molar-refractivity contribution in [3.8, 4) is 23.0 Å². The second-order valence-electron chi connectivity index (χ2n) is 12.2. The number of ketones is 1. The maximum atomic E-state index is 12.4. The minimum Gasteiger partial charge on any atom is -0.508 e. The van der Waals surface area contributed by atoms with E-state index in [9.17, 15) is 19.8 Å². The van der Waals surface area contributed by atoms with Gasteiger partial charge >= 0.3 is 5.97 Å². The van der Waals surface area contributed by atoms with Crippen LogP contribution in [0.1, 0.15) is 85.3 Å². The highest BCUT2D eigenvalue weighted by Crippen LogP contribution is 2.61. The van der Waals surface area contributed by atoms with Crippen LogP contribution in [0.5, 0.6) is 23.0 Å². The summed E-state index contributed by atoms with van der Waals surface area (Å²) in [7, 11) is 2.92. The molecule has 5 unspecified atom stereocenters. The number of aromatic hydroxyl groups is 2. The molecule has 0 spiro atoms. The summed E-state index contributed by atoms with van der Waals surface area (Å²) in [5.41, 5.74) is 3.57. The number of hydrogen-bond donors (Lipinski definition) is 2. The molecule has 5 atom stereocenters. The normalized spacial score (nSPS) is 25.2. The molecule has 43 heavy (non-hydrogen) atoms. The van der Waals surface area contributed by atoms with Crippen molar-refractivity contribution in [3.05, 3.63) is 82.9 Å². The third-order valence-electron chi connectivity index (χ3n) is 9.96. The van der Waals surface area contributed by atoms with Crippen LogP contribution in [-0.4, -0.2) is 42.3 Å². The van der Waals surface area contributed by atoms with Gasteiger partial charge in [-0.2, -0.15) is 0 Å². The molecule has 0 aromatic heterocycles. The van der Waals surface area contributed by atoms with Crippen molar-refractivity contribution >= 4 is 11.8 Å². The molecule has 2 N–H and O–H groups in total. The molecular formula is C36H42O7. The van der Waals surface area contributed by atoms with Crippen LogP contribution in [0, 0.1) is 17.3 Å². The zero-order valence-electron chi connectivity index (χ0n) is 25.5. The Kier molecular flexibility index (Phi) is 9.00. The number of hydrogen-bond acceptors (Lipinski definition) is 7. The van der Waals surface area contributed by atoms with Gasteiger partial charge in [-0.1, -0.05) is 50.2 Å². The monoisotopic (exact) mass is 586 g/mol. The number of methoxy groups -OCH3 is 2. The number of aryl methyl sites for hydroxylation is 1. The lowest BCUT2D eigenvalue weighted by Gasteiger charge is -2.50. The molecule has 0 amide bonds. The number of phenolic OH excluding ortho intramolecular Hbond substituents is 2. The fourth-order valence-corrected chi connectivity index (χ4v) is 7.77. The molecule has 0 bridgehead atoms. The van der Waals surface area contributed by atoms with Gasteiger partial charge in [-0.25, -0.2) is 0 Å². The van der Waals surface area contributed by atoms with Gasteiger partial charge < -0.3 is 24.4 Å². The summed E-state index contributed by atoms with van der Waals surface area (Å²) in [5, 5.41) is 19.8. The molecule has 6 rings (SSSR count). The van der Waals surface area contributed by atoms with Crippen molar-refractivity contribution in [3.63, 3.8) is 0 Å². The van der Waals surface area contributed by atoms with E-state index in [-0.39, 0.29) is 40.3 Å². The fourth-order valence-electron chi connectivity index (χ4n) is 7.77. The Morgan fingerprint density at radius 1 is 0.930 bits per heavy atom. The van der Waals surface area contributed by atoms with E-state index in [2.05, 4.69) is 13.0 Å². The van der Waals surface area contributed by atoms with Crippen LogP contribution in [0.15, 0.2) is 60.7 Å². The van der Waals surface area contributed by atoms with E-state index >= 15 is 0 Å². The van der Waals surface area contributed by atoms with Crippen LogP contribution < -0.4 is 9.47 Å². The molecule has 7 nitrogen and oxygen atoms in total. The fraction of sp³-hybridized carbons (Fsp3) is 0.444. The number of fused-ring (bicyclic) bond motifs is 5. The van der Waals surface area contributed by atoms with Crippen molar-refractivity contribution < 1.29 is 34.0 Å². The first-order valence-corrected chi connectivity index (χ1v) is 15.3. The van der Waals surface area contributed by atoms with Crippen molar-refractivity contribution in [2.75, 3.05) is 14.2 Å². The molecule has 3 aromatic carbocycles. The van der Waals surface area contributed by atoms with E-state index in [0.29, 0.717) is 41.2 Å². The molecule has 0 aliphatic heterocycles. The van der Waals surface area contributed by atoms with Crippen LogP contribution in [0.25, 0.3) is 0 Å². The smallest absolute Gasteiger partial charge is 0.305 e. The van der Waals surface area contributed by atoms with Crippen LogP contribution in [-0.2, 0) is 16.0 Å². The highest BCUT2D eigenvalue weighted by atomic mass is 16.5. The van der Waals surface area contributed by atoms with Crippen molar-refractivity contribution in [1.82, 2.24) is 0 Å². The highest BCUT2D eigenvalue weighted by molar-refractivity contribution is 6.12. The maximum Gasteiger partial charge on any atom is 0.305 e. The van der Waals surface area contributed by atoms with E-state index < -0.39 is 0 Å². The predicted molar refractivity (Wildman–Crippen MR) is 164 cm³/mol. The number of benzene rings is 3. The van der Waals surface area contributed by atoms with Gasteiger partial charge in [-0.05, 0) is 79.5 Å². The zero-order valence-corrected chi connectivity index (χ0v) is 25.5. The van der Waals surface area contributed by atoms with Gasteiger partial charge in [-0.15, -0.1) is 0 Å². The van der Waals surface area contributed by atoms with Crippen LogP contribution in [0.2, 0.25) is 0 Å². The first-order chi connectivity index (χ1) is 20.7. The third-order valence-corrected chi connectivity index (χ3v) is 9.96. The molecule has 3 aromatic rings. The Morgan fingerprint density at radius 2 is 1.70 bits per heavy atom. The third kappa shape index (κ3) is 5.95. The van der Waals surface area contributed by atoms with E-state index in [4.69, 9.17) is 14.2 Å². The van der Waals surface area contributed by atoms with Gasteiger partial charge in [0.2, 0.25) is 5.78 Å². The Hall–Kier alpha value is -4.00. The lowest BCUT2D eigenvalue weighted by Crippen LogP contribution is -2.45. The summed E-state index contributed by atoms with van der Waals surface area (Å²) in [4.78, 5) is 24.2. The van der Waals surface area contributed by atoms with Crippen LogP contribution >= 0.6 is 0 Å². The summed E-state index contributed by atoms with van der Waals surface area (Å²) in [5.74, 6) is 2.58. The van der Waals surface area contributed by atoms with E-state index in [1.54, 1.807) is 30.3 Å². The molecule has 0 saturated heterocycles. The highest BCUT2D eigenvalue weighted by Gasteiger charge is 2.56. The minimum absolute atomic E-state index is 0.0477. The molecule has 2 fully saturated rings. The Balaban J connectivity index is 0.000000177. The molecular weight excluding hydrogens is 544 g/mol. The standard InChI is InChI=1S/C21H28O3.C15H14O4/c1-3-20(23)24-19-9-8-18-17-6-4-13-12-14(22)5-7-15(13)16(17)10-11-21(18,19)2;1-18-11-8-12(16)14(13(9-11)19-2)15(17)10-6-4-3-5-7-10/h5,7,12,16-19,22H,3-4,6,8-11H2,1-2H3;3-9,16H,1-2H3. The van der Waals surface area contributed by atoms with Gasteiger partial charge in [0.25, 0.3) is 0 Å². The molecule has 0 radical (unpaired) electrons. The molecule has 7 heteroatoms. The Bertz CT molecular complexity index is 1470. The summed E-state index contributed by atoms with van der Waals surface area (Å²) in [6, 6.07) is 17.6. The molecule has 228 valence electrons. The predicted octanol–water partition coefficient (Wildman–Crippen LogP) is 7.21. The number of carbonyl (C=O) groups is 2. The zero-order chi connectivity index (χ0) is 30.7. The van der Waals surface area contributed by atoms with Crippen molar-refractivity contribution in [2.24, 2.45) is 17.3 Å². The van der Waals surface area contributed by atoms with Crippen LogP contribution in [0.3, 0.4) is 0 Å². The van der Waals surface area contributed by atoms with Crippen molar-refractivity contribution in [1.29, 1.82) is 0 Å². The Labute approximate surface area is 253 Å². The first-order valence-electron chi connectivity index (χ1n) is 15.3. The SMILES string of the molecule is CCC(=O)OC1CCC2C3CCc4cc(O)ccc4C3CCC12C.COc1cc(O)c(C(=O)c2ccccc2)c(OC)c1.